The van der Waals surface area contributed by atoms with E-state index in [1.165, 1.54) is 21.3 Å². The lowest BCUT2D eigenvalue weighted by Gasteiger charge is -2.55. The zero-order valence-electron chi connectivity index (χ0n) is 13.9. The summed E-state index contributed by atoms with van der Waals surface area (Å²) in [7, 11) is 4.26. The third kappa shape index (κ3) is 2.46. The Kier molecular flexibility index (Phi) is 4.64. The first-order valence-electron chi connectivity index (χ1n) is 7.29. The van der Waals surface area contributed by atoms with Gasteiger partial charge >= 0.3 is 5.97 Å². The van der Waals surface area contributed by atoms with Gasteiger partial charge in [0.15, 0.2) is 0 Å². The van der Waals surface area contributed by atoms with E-state index in [4.69, 9.17) is 23.7 Å². The summed E-state index contributed by atoms with van der Waals surface area (Å²) in [5.74, 6) is -4.28. The van der Waals surface area contributed by atoms with E-state index >= 15 is 0 Å². The molecular weight excluding hydrogens is 292 g/mol. The second kappa shape index (κ2) is 5.88. The number of ketones is 1. The van der Waals surface area contributed by atoms with Crippen molar-refractivity contribution in [2.75, 3.05) is 21.3 Å². The van der Waals surface area contributed by atoms with E-state index in [9.17, 15) is 9.59 Å². The molecule has 1 saturated carbocycles. The van der Waals surface area contributed by atoms with Crippen molar-refractivity contribution in [3.05, 3.63) is 0 Å². The predicted octanol–water partition coefficient (Wildman–Crippen LogP) is 0.894. The average molecular weight is 316 g/mol. The Hall–Kier alpha value is -1.02. The Morgan fingerprint density at radius 1 is 1.14 bits per heavy atom. The first kappa shape index (κ1) is 17.3. The molecule has 0 radical (unpaired) electrons. The van der Waals surface area contributed by atoms with Crippen LogP contribution in [0.3, 0.4) is 0 Å². The first-order valence-corrected chi connectivity index (χ1v) is 7.29. The van der Waals surface area contributed by atoms with Crippen molar-refractivity contribution in [3.63, 3.8) is 0 Å². The summed E-state index contributed by atoms with van der Waals surface area (Å²) in [4.78, 5) is 24.2. The fourth-order valence-electron chi connectivity index (χ4n) is 3.26. The number of hydrogen-bond acceptors (Lipinski definition) is 7. The van der Waals surface area contributed by atoms with Crippen LogP contribution in [0.15, 0.2) is 0 Å². The van der Waals surface area contributed by atoms with E-state index < -0.39 is 35.7 Å². The zero-order chi connectivity index (χ0) is 16.7. The molecule has 0 spiro atoms. The number of hydrogen-bond donors (Lipinski definition) is 0. The Balaban J connectivity index is 2.32. The molecule has 0 N–H and O–H groups in total. The van der Waals surface area contributed by atoms with E-state index in [0.29, 0.717) is 0 Å². The number of Topliss-reactive ketones (excluding diaryl/α,β-unsaturated/α-hetero) is 1. The molecule has 7 nitrogen and oxygen atoms in total. The van der Waals surface area contributed by atoms with Crippen LogP contribution in [0, 0.1) is 11.8 Å². The van der Waals surface area contributed by atoms with Crippen LogP contribution < -0.4 is 0 Å². The normalized spacial score (nSPS) is 45.3. The van der Waals surface area contributed by atoms with Gasteiger partial charge in [-0.15, -0.1) is 0 Å². The van der Waals surface area contributed by atoms with E-state index in [1.807, 2.05) is 0 Å². The van der Waals surface area contributed by atoms with Crippen molar-refractivity contribution in [1.29, 1.82) is 0 Å². The quantitative estimate of drug-likeness (QED) is 0.565. The van der Waals surface area contributed by atoms with Gasteiger partial charge in [-0.3, -0.25) is 9.59 Å². The maximum atomic E-state index is 12.3. The monoisotopic (exact) mass is 316 g/mol. The molecule has 126 valence electrons. The van der Waals surface area contributed by atoms with Gasteiger partial charge in [0.1, 0.15) is 11.7 Å². The lowest BCUT2D eigenvalue weighted by atomic mass is 9.75. The number of rotatable bonds is 3. The van der Waals surface area contributed by atoms with Gasteiger partial charge in [0.25, 0.3) is 0 Å². The fourth-order valence-corrected chi connectivity index (χ4v) is 3.26. The molecule has 22 heavy (non-hydrogen) atoms. The second-order valence-corrected chi connectivity index (χ2v) is 6.07. The summed E-state index contributed by atoms with van der Waals surface area (Å²) in [6, 6.07) is 0. The largest absolute Gasteiger partial charge is 0.468 e. The van der Waals surface area contributed by atoms with Crippen LogP contribution in [0.5, 0.6) is 0 Å². The van der Waals surface area contributed by atoms with E-state index in [2.05, 4.69) is 0 Å². The lowest BCUT2D eigenvalue weighted by Crippen LogP contribution is -2.68. The van der Waals surface area contributed by atoms with Crippen LogP contribution in [-0.4, -0.2) is 56.9 Å². The second-order valence-electron chi connectivity index (χ2n) is 6.07. The van der Waals surface area contributed by atoms with Crippen molar-refractivity contribution in [2.24, 2.45) is 11.8 Å². The molecule has 7 heteroatoms. The predicted molar refractivity (Wildman–Crippen MR) is 74.9 cm³/mol. The van der Waals surface area contributed by atoms with Gasteiger partial charge in [-0.2, -0.15) is 0 Å². The number of ether oxygens (including phenoxy) is 5. The zero-order valence-corrected chi connectivity index (χ0v) is 13.9. The van der Waals surface area contributed by atoms with E-state index in [-0.39, 0.29) is 18.1 Å². The average Bonchev–Trinajstić information content (AvgIpc) is 2.49. The molecular formula is C15H24O7. The molecule has 1 aliphatic carbocycles. The van der Waals surface area contributed by atoms with Gasteiger partial charge in [0.05, 0.1) is 19.3 Å². The standard InChI is InChI=1S/C15H24O7/c1-8-11(13(17)18-4)9(16)7-10-12(8)22-15(3,20-6)14(2,19-5)21-10/h8,10-12H,7H2,1-6H3/t8-,10+,11?,12+,14-,15-/m0/s1. The summed E-state index contributed by atoms with van der Waals surface area (Å²) >= 11 is 0. The van der Waals surface area contributed by atoms with Crippen LogP contribution in [0.4, 0.5) is 0 Å². The third-order valence-corrected chi connectivity index (χ3v) is 4.96. The smallest absolute Gasteiger partial charge is 0.316 e. The van der Waals surface area contributed by atoms with Crippen molar-refractivity contribution < 1.29 is 33.3 Å². The summed E-state index contributed by atoms with van der Waals surface area (Å²) in [6.45, 7) is 5.20. The van der Waals surface area contributed by atoms with Gasteiger partial charge in [-0.25, -0.2) is 0 Å². The minimum absolute atomic E-state index is 0.0769. The van der Waals surface area contributed by atoms with Gasteiger partial charge in [0.2, 0.25) is 11.6 Å². The number of fused-ring (bicyclic) bond motifs is 1. The highest BCUT2D eigenvalue weighted by atomic mass is 16.8. The maximum Gasteiger partial charge on any atom is 0.316 e. The van der Waals surface area contributed by atoms with Gasteiger partial charge in [0, 0.05) is 26.6 Å². The highest BCUT2D eigenvalue weighted by Gasteiger charge is 2.61. The highest BCUT2D eigenvalue weighted by molar-refractivity contribution is 6.00. The van der Waals surface area contributed by atoms with Crippen LogP contribution in [0.25, 0.3) is 0 Å². The Bertz CT molecular complexity index is 465. The van der Waals surface area contributed by atoms with E-state index in [1.54, 1.807) is 20.8 Å². The number of methoxy groups -OCH3 is 3. The minimum atomic E-state index is -1.15. The molecule has 2 rings (SSSR count). The van der Waals surface area contributed by atoms with Crippen LogP contribution >= 0.6 is 0 Å². The SMILES string of the molecule is COC(=O)C1C(=O)C[C@H]2O[C@](C)(OC)[C@@](C)(OC)O[C@@H]2[C@H]1C. The molecule has 1 unspecified atom stereocenters. The molecule has 6 atom stereocenters. The lowest BCUT2D eigenvalue weighted by molar-refractivity contribution is -0.453. The maximum absolute atomic E-state index is 12.3. The van der Waals surface area contributed by atoms with Crippen molar-refractivity contribution >= 4 is 11.8 Å². The molecule has 0 aromatic rings. The Morgan fingerprint density at radius 2 is 1.68 bits per heavy atom. The third-order valence-electron chi connectivity index (χ3n) is 4.96. The van der Waals surface area contributed by atoms with Crippen LogP contribution in [0.1, 0.15) is 27.2 Å². The molecule has 1 aliphatic heterocycles. The number of esters is 1. The first-order chi connectivity index (χ1) is 10.2. The molecule has 1 heterocycles. The van der Waals surface area contributed by atoms with Crippen LogP contribution in [0.2, 0.25) is 0 Å². The Morgan fingerprint density at radius 3 is 2.18 bits per heavy atom. The number of carbonyl (C=O) groups is 2. The van der Waals surface area contributed by atoms with Crippen molar-refractivity contribution in [2.45, 2.75) is 51.0 Å². The minimum Gasteiger partial charge on any atom is -0.468 e. The number of carbonyl (C=O) groups excluding carboxylic acids is 2. The molecule has 2 fully saturated rings. The van der Waals surface area contributed by atoms with Gasteiger partial charge in [-0.1, -0.05) is 6.92 Å². The van der Waals surface area contributed by atoms with Gasteiger partial charge in [-0.05, 0) is 13.8 Å². The molecule has 1 saturated heterocycles. The summed E-state index contributed by atoms with van der Waals surface area (Å²) in [6.07, 6.45) is -0.875. The molecule has 2 aliphatic rings. The fraction of sp³-hybridized carbons (Fsp3) is 0.867. The van der Waals surface area contributed by atoms with Crippen LogP contribution in [-0.2, 0) is 33.3 Å². The van der Waals surface area contributed by atoms with Crippen molar-refractivity contribution in [3.8, 4) is 0 Å². The molecule has 0 bridgehead atoms. The van der Waals surface area contributed by atoms with Crippen molar-refractivity contribution in [1.82, 2.24) is 0 Å². The molecule has 0 aromatic heterocycles. The topological polar surface area (TPSA) is 80.3 Å². The summed E-state index contributed by atoms with van der Waals surface area (Å²) < 4.78 is 27.7. The summed E-state index contributed by atoms with van der Waals surface area (Å²) in [5.41, 5.74) is 0. The summed E-state index contributed by atoms with van der Waals surface area (Å²) in [5, 5.41) is 0. The van der Waals surface area contributed by atoms with E-state index in [0.717, 1.165) is 0 Å². The highest BCUT2D eigenvalue weighted by Crippen LogP contribution is 2.45. The molecule has 0 aromatic carbocycles. The Labute approximate surface area is 130 Å². The van der Waals surface area contributed by atoms with Gasteiger partial charge < -0.3 is 23.7 Å². The molecule has 0 amide bonds.